The zero-order chi connectivity index (χ0) is 73.3. The largest absolute Gasteiger partial charge is 0.458 e. The van der Waals surface area contributed by atoms with Gasteiger partial charge in [-0.1, -0.05) is 146 Å². The molecule has 28 heteroatoms. The van der Waals surface area contributed by atoms with Crippen LogP contribution in [-0.4, -0.2) is 179 Å². The molecule has 2 aliphatic heterocycles. The summed E-state index contributed by atoms with van der Waals surface area (Å²) in [6.07, 6.45) is 0.952. The summed E-state index contributed by atoms with van der Waals surface area (Å²) in [4.78, 5) is 186. The Morgan fingerprint density at radius 3 is 1.74 bits per heavy atom. The second kappa shape index (κ2) is 40.0. The van der Waals surface area contributed by atoms with Crippen molar-refractivity contribution in [3.05, 3.63) is 47.7 Å². The lowest BCUT2D eigenvalue weighted by Gasteiger charge is -2.33. The van der Waals surface area contributed by atoms with Crippen molar-refractivity contribution in [3.63, 3.8) is 0 Å². The summed E-state index contributed by atoms with van der Waals surface area (Å²) in [5.41, 5.74) is 6.37. The van der Waals surface area contributed by atoms with E-state index in [0.717, 1.165) is 6.42 Å². The van der Waals surface area contributed by atoms with Crippen LogP contribution < -0.4 is 64.2 Å². The summed E-state index contributed by atoms with van der Waals surface area (Å²) < 4.78 is 5.86. The molecule has 0 radical (unpaired) electrons. The number of aliphatic hydroxyl groups is 1. The van der Waals surface area contributed by atoms with E-state index in [0.29, 0.717) is 24.3 Å². The molecule has 14 atom stereocenters. The Morgan fingerprint density at radius 2 is 1.21 bits per heavy atom. The predicted octanol–water partition coefficient (Wildman–Crippen LogP) is 1.31. The number of hydrogen-bond donors (Lipinski definition) is 13. The topological polar surface area (TPSA) is 413 Å². The highest BCUT2D eigenvalue weighted by atomic mass is 16.5. The molecule has 0 aromatic heterocycles. The molecule has 0 saturated carbocycles. The molecular weight excluding hydrogens is 1250 g/mol. The molecule has 4 unspecified atom stereocenters. The van der Waals surface area contributed by atoms with Gasteiger partial charge in [0.15, 0.2) is 0 Å². The fourth-order valence-corrected chi connectivity index (χ4v) is 11.2. The number of rotatable bonds is 31. The van der Waals surface area contributed by atoms with Gasteiger partial charge < -0.3 is 79.0 Å². The average molecular weight is 1360 g/mol. The van der Waals surface area contributed by atoms with Crippen LogP contribution in [0.3, 0.4) is 0 Å². The monoisotopic (exact) mass is 1360 g/mol. The first-order valence-electron chi connectivity index (χ1n) is 34.4. The van der Waals surface area contributed by atoms with Crippen molar-refractivity contribution in [1.82, 2.24) is 63.4 Å². The van der Waals surface area contributed by atoms with Gasteiger partial charge in [0.2, 0.25) is 65.0 Å². The SMILES string of the molecule is C/C=C1\NC(=O)C(Cc2ccccc2)NC(=O)C(C(C)C)NC(=O)C(NC(=O)[C@H](NC(=O)[C@H](CCCN)NC(=O)[C@H]2CCCN2C(=O)[C@H](NC(=O)[C@@H](NC(=O)[C@@H](NC(=O)[C@H](NC(=O)CCCC(C)C)C(C)C)[C@@H](C)O)C(C)C)C(C)C)[C@@H](C)CC)[C@@H](C)OC(=O)C(C(C)C)NC1=O. The van der Waals surface area contributed by atoms with E-state index in [1.54, 1.807) is 113 Å². The quantitative estimate of drug-likeness (QED) is 0.0368. The number of amides is 12. The number of carbonyl (C=O) groups is 13. The molecule has 97 heavy (non-hydrogen) atoms. The Labute approximate surface area is 572 Å². The van der Waals surface area contributed by atoms with Gasteiger partial charge in [0.05, 0.1) is 6.10 Å². The fourth-order valence-electron chi connectivity index (χ4n) is 11.2. The molecule has 544 valence electrons. The molecule has 0 spiro atoms. The van der Waals surface area contributed by atoms with Crippen LogP contribution in [0.25, 0.3) is 0 Å². The minimum Gasteiger partial charge on any atom is -0.458 e. The van der Waals surface area contributed by atoms with Crippen LogP contribution in [0.2, 0.25) is 0 Å². The number of nitrogens with two attached hydrogens (primary N) is 1. The lowest BCUT2D eigenvalue weighted by atomic mass is 9.96. The molecule has 2 heterocycles. The number of benzene rings is 1. The van der Waals surface area contributed by atoms with E-state index >= 15 is 0 Å². The van der Waals surface area contributed by atoms with Gasteiger partial charge in [-0.2, -0.15) is 0 Å². The molecule has 3 rings (SSSR count). The second-order valence-electron chi connectivity index (χ2n) is 27.8. The molecule has 0 bridgehead atoms. The first-order valence-corrected chi connectivity index (χ1v) is 34.4. The van der Waals surface area contributed by atoms with E-state index in [1.807, 2.05) is 13.8 Å². The van der Waals surface area contributed by atoms with Crippen LogP contribution in [0.4, 0.5) is 0 Å². The Kier molecular flexibility index (Phi) is 34.3. The zero-order valence-corrected chi connectivity index (χ0v) is 60.0. The number of nitrogens with zero attached hydrogens (tertiary/aromatic N) is 1. The Hall–Kier alpha value is -8.01. The lowest BCUT2D eigenvalue weighted by Crippen LogP contribution is -2.64. The van der Waals surface area contributed by atoms with E-state index < -0.39 is 185 Å². The van der Waals surface area contributed by atoms with Crippen LogP contribution in [0, 0.1) is 41.4 Å². The van der Waals surface area contributed by atoms with Crippen molar-refractivity contribution < 1.29 is 72.2 Å². The summed E-state index contributed by atoms with van der Waals surface area (Å²) in [6, 6.07) is -6.05. The zero-order valence-electron chi connectivity index (χ0n) is 60.0. The normalized spacial score (nSPS) is 22.0. The third kappa shape index (κ3) is 25.4. The molecule has 2 fully saturated rings. The Balaban J connectivity index is 1.93. The first-order chi connectivity index (χ1) is 45.5. The van der Waals surface area contributed by atoms with Crippen molar-refractivity contribution in [2.45, 2.75) is 254 Å². The molecule has 0 aliphatic carbocycles. The highest BCUT2D eigenvalue weighted by molar-refractivity contribution is 6.03. The number of ether oxygens (including phenoxy) is 1. The van der Waals surface area contributed by atoms with Crippen molar-refractivity contribution in [3.8, 4) is 0 Å². The minimum absolute atomic E-state index is 0.0289. The molecular formula is C69H113N13O15. The number of esters is 1. The van der Waals surface area contributed by atoms with E-state index in [9.17, 15) is 67.4 Å². The van der Waals surface area contributed by atoms with E-state index in [-0.39, 0.29) is 63.2 Å². The minimum atomic E-state index is -1.76. The molecule has 2 saturated heterocycles. The van der Waals surface area contributed by atoms with Gasteiger partial charge >= 0.3 is 5.97 Å². The maximum absolute atomic E-state index is 14.8. The second-order valence-corrected chi connectivity index (χ2v) is 27.8. The number of cyclic esters (lactones) is 1. The summed E-state index contributed by atoms with van der Waals surface area (Å²) in [7, 11) is 0. The summed E-state index contributed by atoms with van der Waals surface area (Å²) in [5, 5.41) is 40.3. The Bertz CT molecular complexity index is 2900. The van der Waals surface area contributed by atoms with Gasteiger partial charge in [0, 0.05) is 19.4 Å². The highest BCUT2D eigenvalue weighted by Crippen LogP contribution is 2.23. The predicted molar refractivity (Wildman–Crippen MR) is 364 cm³/mol. The van der Waals surface area contributed by atoms with E-state index in [4.69, 9.17) is 10.5 Å². The molecule has 1 aromatic carbocycles. The van der Waals surface area contributed by atoms with Crippen LogP contribution >= 0.6 is 0 Å². The first kappa shape index (κ1) is 83.2. The third-order valence-electron chi connectivity index (χ3n) is 17.5. The Morgan fingerprint density at radius 1 is 0.649 bits per heavy atom. The maximum Gasteiger partial charge on any atom is 0.329 e. The fraction of sp³-hybridized carbons (Fsp3) is 0.696. The number of aliphatic hydroxyl groups excluding tert-OH is 1. The van der Waals surface area contributed by atoms with E-state index in [1.165, 1.54) is 31.7 Å². The number of allylic oxidation sites excluding steroid dienone is 1. The average Bonchev–Trinajstić information content (AvgIpc) is 1.80. The summed E-state index contributed by atoms with van der Waals surface area (Å²) in [5.74, 6) is -13.3. The molecule has 2 aliphatic rings. The van der Waals surface area contributed by atoms with Gasteiger partial charge in [-0.3, -0.25) is 57.5 Å². The molecule has 1 aromatic rings. The standard InChI is InChI=1S/C69H113N13O15/c1-18-41(15)55(65(92)81-57-43(17)97-69(96)54(40(13)14)78-58(85)45(19-2)71-60(87)47(34-44-27-21-20-22-28-44)73-62(89)51(37(7)8)76-67(57)94)79-59(86)46(29-24-32-70)72-61(88)48-30-25-33-82(48)68(95)53(39(11)12)77-64(91)52(38(9)10)75-66(93)56(42(16)83)80-63(90)50(36(5)6)74-49(84)31-23-26-35(3)4/h19-22,27-28,35-43,46-48,50-57,83H,18,23-26,29-34,70H2,1-17H3,(H,71,87)(H,72,88)(H,73,89)(H,74,84)(H,75,93)(H,76,94)(H,77,91)(H,78,85)(H,79,86)(H,80,90)(H,81,92)/b45-19-/t41-,42+,43+,46-,47?,48+,50+,51?,52-,53+,54?,55+,56-,57?/m0/s1. The van der Waals surface area contributed by atoms with Gasteiger partial charge in [-0.25, -0.2) is 4.79 Å². The molecule has 28 nitrogen and oxygen atoms in total. The lowest BCUT2D eigenvalue weighted by molar-refractivity contribution is -0.157. The number of hydrogen-bond acceptors (Lipinski definition) is 16. The van der Waals surface area contributed by atoms with Crippen LogP contribution in [0.1, 0.15) is 175 Å². The third-order valence-corrected chi connectivity index (χ3v) is 17.5. The van der Waals surface area contributed by atoms with Crippen molar-refractivity contribution in [2.75, 3.05) is 13.1 Å². The number of nitrogens with one attached hydrogen (secondary N) is 11. The van der Waals surface area contributed by atoms with Crippen molar-refractivity contribution >= 4 is 76.9 Å². The van der Waals surface area contributed by atoms with Gasteiger partial charge in [0.1, 0.15) is 78.3 Å². The molecule has 14 N–H and O–H groups in total. The van der Waals surface area contributed by atoms with Crippen molar-refractivity contribution in [2.24, 2.45) is 47.2 Å². The molecule has 12 amide bonds. The van der Waals surface area contributed by atoms with E-state index in [2.05, 4.69) is 58.5 Å². The van der Waals surface area contributed by atoms with Crippen molar-refractivity contribution in [1.29, 1.82) is 0 Å². The highest BCUT2D eigenvalue weighted by Gasteiger charge is 2.44. The summed E-state index contributed by atoms with van der Waals surface area (Å²) >= 11 is 0. The van der Waals surface area contributed by atoms with Crippen LogP contribution in [-0.2, 0) is 73.5 Å². The van der Waals surface area contributed by atoms with Gasteiger partial charge in [0.25, 0.3) is 5.91 Å². The van der Waals surface area contributed by atoms with Crippen LogP contribution in [0.5, 0.6) is 0 Å². The van der Waals surface area contributed by atoms with Crippen LogP contribution in [0.15, 0.2) is 42.1 Å². The van der Waals surface area contributed by atoms with Gasteiger partial charge in [-0.15, -0.1) is 0 Å². The maximum atomic E-state index is 14.8. The number of carbonyl (C=O) groups excluding carboxylic acids is 13. The number of likely N-dealkylation sites (tertiary alicyclic amines) is 1. The smallest absolute Gasteiger partial charge is 0.329 e. The van der Waals surface area contributed by atoms with Gasteiger partial charge in [-0.05, 0) is 106 Å². The summed E-state index contributed by atoms with van der Waals surface area (Å²) in [6.45, 7) is 28.4.